The van der Waals surface area contributed by atoms with Gasteiger partial charge in [0.25, 0.3) is 0 Å². The number of aliphatic imine (C=N–C) groups is 1. The Labute approximate surface area is 152 Å². The molecular weight excluding hydrogens is 314 g/mol. The van der Waals surface area contributed by atoms with Gasteiger partial charge < -0.3 is 20.1 Å². The molecule has 25 heavy (non-hydrogen) atoms. The van der Waals surface area contributed by atoms with Crippen molar-refractivity contribution in [3.63, 3.8) is 0 Å². The second-order valence-electron chi connectivity index (χ2n) is 6.50. The summed E-state index contributed by atoms with van der Waals surface area (Å²) in [6, 6.07) is 8.84. The van der Waals surface area contributed by atoms with Crippen LogP contribution in [0.5, 0.6) is 0 Å². The monoisotopic (exact) mass is 347 g/mol. The normalized spacial score (nSPS) is 17.7. The minimum absolute atomic E-state index is 0.591. The number of nitrogens with zero attached hydrogens (tertiary/aromatic N) is 1. The lowest BCUT2D eigenvalue weighted by Crippen LogP contribution is -2.39. The first kappa shape index (κ1) is 19.7. The molecule has 1 saturated heterocycles. The SMILES string of the molecule is CCc1ccc(CCNC(=NC)NCCCOCC2CCOC2)cc1. The molecule has 1 aromatic carbocycles. The number of rotatable bonds is 10. The van der Waals surface area contributed by atoms with Gasteiger partial charge in [-0.25, -0.2) is 0 Å². The molecule has 5 nitrogen and oxygen atoms in total. The molecule has 0 amide bonds. The average molecular weight is 348 g/mol. The lowest BCUT2D eigenvalue weighted by atomic mass is 10.1. The van der Waals surface area contributed by atoms with Crippen molar-refractivity contribution >= 4 is 5.96 Å². The van der Waals surface area contributed by atoms with Gasteiger partial charge in [-0.1, -0.05) is 31.2 Å². The summed E-state index contributed by atoms with van der Waals surface area (Å²) in [6.45, 7) is 7.28. The van der Waals surface area contributed by atoms with Gasteiger partial charge in [-0.05, 0) is 36.8 Å². The van der Waals surface area contributed by atoms with E-state index in [1.807, 2.05) is 7.05 Å². The Bertz CT molecular complexity index is 496. The first-order valence-corrected chi connectivity index (χ1v) is 9.49. The van der Waals surface area contributed by atoms with Crippen LogP contribution in [-0.2, 0) is 22.3 Å². The highest BCUT2D eigenvalue weighted by Gasteiger charge is 2.15. The van der Waals surface area contributed by atoms with Gasteiger partial charge in [-0.2, -0.15) is 0 Å². The molecule has 1 aliphatic rings. The highest BCUT2D eigenvalue weighted by molar-refractivity contribution is 5.79. The number of ether oxygens (including phenoxy) is 2. The van der Waals surface area contributed by atoms with E-state index in [4.69, 9.17) is 9.47 Å². The van der Waals surface area contributed by atoms with E-state index in [0.717, 1.165) is 71.2 Å². The highest BCUT2D eigenvalue weighted by atomic mass is 16.5. The van der Waals surface area contributed by atoms with Gasteiger partial charge in [0.1, 0.15) is 0 Å². The van der Waals surface area contributed by atoms with Gasteiger partial charge in [-0.15, -0.1) is 0 Å². The standard InChI is InChI=1S/C20H33N3O2/c1-3-17-5-7-18(8-6-17)9-12-23-20(21-2)22-11-4-13-24-15-19-10-14-25-16-19/h5-8,19H,3-4,9-16H2,1-2H3,(H2,21,22,23). The van der Waals surface area contributed by atoms with E-state index in [-0.39, 0.29) is 0 Å². The Morgan fingerprint density at radius 3 is 2.64 bits per heavy atom. The fourth-order valence-corrected chi connectivity index (χ4v) is 2.83. The van der Waals surface area contributed by atoms with E-state index in [1.165, 1.54) is 11.1 Å². The molecule has 0 radical (unpaired) electrons. The maximum atomic E-state index is 5.71. The van der Waals surface area contributed by atoms with Crippen molar-refractivity contribution in [2.24, 2.45) is 10.9 Å². The van der Waals surface area contributed by atoms with Crippen LogP contribution in [0.3, 0.4) is 0 Å². The number of nitrogens with one attached hydrogen (secondary N) is 2. The number of hydrogen-bond acceptors (Lipinski definition) is 3. The third-order valence-corrected chi connectivity index (χ3v) is 4.50. The molecule has 0 aromatic heterocycles. The first-order valence-electron chi connectivity index (χ1n) is 9.49. The van der Waals surface area contributed by atoms with Gasteiger partial charge in [0.2, 0.25) is 0 Å². The summed E-state index contributed by atoms with van der Waals surface area (Å²) in [7, 11) is 1.81. The van der Waals surface area contributed by atoms with Crippen molar-refractivity contribution < 1.29 is 9.47 Å². The zero-order chi connectivity index (χ0) is 17.7. The lowest BCUT2D eigenvalue weighted by molar-refractivity contribution is 0.0888. The maximum Gasteiger partial charge on any atom is 0.190 e. The molecule has 140 valence electrons. The first-order chi connectivity index (χ1) is 12.3. The van der Waals surface area contributed by atoms with Gasteiger partial charge >= 0.3 is 0 Å². The summed E-state index contributed by atoms with van der Waals surface area (Å²) in [5.41, 5.74) is 2.74. The molecule has 2 rings (SSSR count). The number of guanidine groups is 1. The highest BCUT2D eigenvalue weighted by Crippen LogP contribution is 2.12. The Morgan fingerprint density at radius 1 is 1.20 bits per heavy atom. The fourth-order valence-electron chi connectivity index (χ4n) is 2.83. The van der Waals surface area contributed by atoms with Crippen LogP contribution in [0.15, 0.2) is 29.3 Å². The summed E-state index contributed by atoms with van der Waals surface area (Å²) >= 11 is 0. The van der Waals surface area contributed by atoms with Gasteiger partial charge in [-0.3, -0.25) is 4.99 Å². The molecule has 5 heteroatoms. The zero-order valence-corrected chi connectivity index (χ0v) is 15.7. The molecule has 0 saturated carbocycles. The van der Waals surface area contributed by atoms with Crippen LogP contribution in [0, 0.1) is 5.92 Å². The van der Waals surface area contributed by atoms with E-state index >= 15 is 0 Å². The molecule has 1 aromatic rings. The molecule has 1 fully saturated rings. The van der Waals surface area contributed by atoms with Crippen molar-refractivity contribution in [2.45, 2.75) is 32.6 Å². The van der Waals surface area contributed by atoms with Crippen LogP contribution in [0.4, 0.5) is 0 Å². The number of aryl methyl sites for hydroxylation is 1. The maximum absolute atomic E-state index is 5.71. The van der Waals surface area contributed by atoms with Crippen LogP contribution in [0.2, 0.25) is 0 Å². The Hall–Kier alpha value is -1.59. The van der Waals surface area contributed by atoms with Crippen LogP contribution in [0.25, 0.3) is 0 Å². The summed E-state index contributed by atoms with van der Waals surface area (Å²) in [4.78, 5) is 4.26. The second-order valence-corrected chi connectivity index (χ2v) is 6.50. The average Bonchev–Trinajstić information content (AvgIpc) is 3.17. The number of hydrogen-bond donors (Lipinski definition) is 2. The lowest BCUT2D eigenvalue weighted by Gasteiger charge is -2.13. The summed E-state index contributed by atoms with van der Waals surface area (Å²) in [5.74, 6) is 1.45. The minimum Gasteiger partial charge on any atom is -0.381 e. The predicted molar refractivity (Wildman–Crippen MR) is 103 cm³/mol. The Kier molecular flexibility index (Phi) is 9.37. The fraction of sp³-hybridized carbons (Fsp3) is 0.650. The van der Waals surface area contributed by atoms with E-state index in [0.29, 0.717) is 5.92 Å². The number of benzene rings is 1. The van der Waals surface area contributed by atoms with Crippen molar-refractivity contribution in [1.82, 2.24) is 10.6 Å². The zero-order valence-electron chi connectivity index (χ0n) is 15.7. The molecule has 1 aliphatic heterocycles. The van der Waals surface area contributed by atoms with Gasteiger partial charge in [0, 0.05) is 39.3 Å². The van der Waals surface area contributed by atoms with E-state index in [1.54, 1.807) is 0 Å². The van der Waals surface area contributed by atoms with Gasteiger partial charge in [0.05, 0.1) is 13.2 Å². The molecular formula is C20H33N3O2. The molecule has 0 spiro atoms. The largest absolute Gasteiger partial charge is 0.381 e. The van der Waals surface area contributed by atoms with Crippen molar-refractivity contribution in [2.75, 3.05) is 46.6 Å². The van der Waals surface area contributed by atoms with Gasteiger partial charge in [0.15, 0.2) is 5.96 Å². The molecule has 1 heterocycles. The molecule has 1 atom stereocenters. The smallest absolute Gasteiger partial charge is 0.190 e. The second kappa shape index (κ2) is 11.9. The third-order valence-electron chi connectivity index (χ3n) is 4.50. The summed E-state index contributed by atoms with van der Waals surface area (Å²) in [6.07, 6.45) is 4.20. The summed E-state index contributed by atoms with van der Waals surface area (Å²) in [5, 5.41) is 6.70. The predicted octanol–water partition coefficient (Wildman–Crippen LogP) is 2.40. The summed E-state index contributed by atoms with van der Waals surface area (Å²) < 4.78 is 11.1. The quantitative estimate of drug-likeness (QED) is 0.388. The third kappa shape index (κ3) is 7.88. The topological polar surface area (TPSA) is 54.9 Å². The van der Waals surface area contributed by atoms with E-state index in [9.17, 15) is 0 Å². The van der Waals surface area contributed by atoms with Crippen molar-refractivity contribution in [3.05, 3.63) is 35.4 Å². The van der Waals surface area contributed by atoms with Crippen LogP contribution in [-0.4, -0.2) is 52.5 Å². The molecule has 2 N–H and O–H groups in total. The Morgan fingerprint density at radius 2 is 1.96 bits per heavy atom. The van der Waals surface area contributed by atoms with Crippen molar-refractivity contribution in [3.8, 4) is 0 Å². The van der Waals surface area contributed by atoms with E-state index < -0.39 is 0 Å². The van der Waals surface area contributed by atoms with Crippen LogP contribution < -0.4 is 10.6 Å². The molecule has 1 unspecified atom stereocenters. The van der Waals surface area contributed by atoms with E-state index in [2.05, 4.69) is 46.8 Å². The minimum atomic E-state index is 0.591. The molecule has 0 aliphatic carbocycles. The van der Waals surface area contributed by atoms with Crippen LogP contribution in [0.1, 0.15) is 30.9 Å². The molecule has 0 bridgehead atoms. The Balaban J connectivity index is 1.51. The van der Waals surface area contributed by atoms with Crippen LogP contribution >= 0.6 is 0 Å². The van der Waals surface area contributed by atoms with Crippen molar-refractivity contribution in [1.29, 1.82) is 0 Å².